The summed E-state index contributed by atoms with van der Waals surface area (Å²) < 4.78 is 0. The fourth-order valence-electron chi connectivity index (χ4n) is 2.33. The molecule has 100 valence electrons. The van der Waals surface area contributed by atoms with Gasteiger partial charge in [-0.1, -0.05) is 17.7 Å². The molecule has 1 N–H and O–H groups in total. The highest BCUT2D eigenvalue weighted by molar-refractivity contribution is 6.31. The molecule has 0 bridgehead atoms. The van der Waals surface area contributed by atoms with Crippen LogP contribution in [0.1, 0.15) is 25.5 Å². The van der Waals surface area contributed by atoms with E-state index in [1.807, 2.05) is 18.2 Å². The van der Waals surface area contributed by atoms with Gasteiger partial charge in [-0.2, -0.15) is 0 Å². The predicted molar refractivity (Wildman–Crippen MR) is 76.4 cm³/mol. The van der Waals surface area contributed by atoms with Gasteiger partial charge in [0, 0.05) is 36.4 Å². The summed E-state index contributed by atoms with van der Waals surface area (Å²) in [5.41, 5.74) is 1.94. The Labute approximate surface area is 114 Å². The minimum atomic E-state index is -0.516. The minimum Gasteiger partial charge on any atom is -0.389 e. The average molecular weight is 269 g/mol. The SMILES string of the molecule is CC(O)c1ccc(N2CCN(C)C(C)C2)cc1Cl. The Balaban J connectivity index is 2.17. The first-order chi connectivity index (χ1) is 8.49. The zero-order valence-corrected chi connectivity index (χ0v) is 12.0. The third-order valence-corrected chi connectivity index (χ3v) is 4.09. The number of rotatable bonds is 2. The molecule has 1 fully saturated rings. The van der Waals surface area contributed by atoms with Gasteiger partial charge < -0.3 is 14.9 Å². The van der Waals surface area contributed by atoms with Crippen LogP contribution in [0.15, 0.2) is 18.2 Å². The van der Waals surface area contributed by atoms with Gasteiger partial charge in [-0.05, 0) is 38.6 Å². The lowest BCUT2D eigenvalue weighted by molar-refractivity contribution is 0.199. The molecule has 2 unspecified atom stereocenters. The van der Waals surface area contributed by atoms with E-state index in [-0.39, 0.29) is 0 Å². The maximum absolute atomic E-state index is 9.58. The van der Waals surface area contributed by atoms with Crippen molar-refractivity contribution in [1.82, 2.24) is 4.90 Å². The summed E-state index contributed by atoms with van der Waals surface area (Å²) in [6.07, 6.45) is -0.516. The van der Waals surface area contributed by atoms with Crippen LogP contribution < -0.4 is 4.90 Å². The maximum atomic E-state index is 9.58. The molecule has 4 heteroatoms. The molecule has 0 amide bonds. The van der Waals surface area contributed by atoms with Gasteiger partial charge in [0.05, 0.1) is 6.10 Å². The van der Waals surface area contributed by atoms with Gasteiger partial charge in [-0.15, -0.1) is 0 Å². The second kappa shape index (κ2) is 5.47. The zero-order valence-electron chi connectivity index (χ0n) is 11.2. The predicted octanol–water partition coefficient (Wildman–Crippen LogP) is 2.53. The molecule has 1 saturated heterocycles. The molecule has 18 heavy (non-hydrogen) atoms. The highest BCUT2D eigenvalue weighted by Gasteiger charge is 2.21. The standard InChI is InChI=1S/C14H21ClN2O/c1-10-9-17(7-6-16(10)3)12-4-5-13(11(2)18)14(15)8-12/h4-5,8,10-11,18H,6-7,9H2,1-3H3. The summed E-state index contributed by atoms with van der Waals surface area (Å²) in [6.45, 7) is 7.07. The van der Waals surface area contributed by atoms with Crippen molar-refractivity contribution < 1.29 is 5.11 Å². The van der Waals surface area contributed by atoms with Crippen LogP contribution >= 0.6 is 11.6 Å². The number of halogens is 1. The molecule has 1 aliphatic heterocycles. The quantitative estimate of drug-likeness (QED) is 0.893. The maximum Gasteiger partial charge on any atom is 0.0776 e. The van der Waals surface area contributed by atoms with Crippen molar-refractivity contribution in [1.29, 1.82) is 0 Å². The van der Waals surface area contributed by atoms with E-state index in [9.17, 15) is 5.11 Å². The van der Waals surface area contributed by atoms with Crippen LogP contribution in [0.25, 0.3) is 0 Å². The van der Waals surface area contributed by atoms with Crippen molar-refractivity contribution in [2.75, 3.05) is 31.6 Å². The monoisotopic (exact) mass is 268 g/mol. The summed E-state index contributed by atoms with van der Waals surface area (Å²) in [6, 6.07) is 6.48. The first kappa shape index (κ1) is 13.7. The number of hydrogen-bond acceptors (Lipinski definition) is 3. The van der Waals surface area contributed by atoms with E-state index in [0.717, 1.165) is 30.9 Å². The van der Waals surface area contributed by atoms with Crippen LogP contribution in [-0.2, 0) is 0 Å². The minimum absolute atomic E-state index is 0.516. The fourth-order valence-corrected chi connectivity index (χ4v) is 2.67. The van der Waals surface area contributed by atoms with Crippen molar-refractivity contribution in [2.45, 2.75) is 26.0 Å². The molecular formula is C14H21ClN2O. The Morgan fingerprint density at radius 2 is 2.11 bits per heavy atom. The third-order valence-electron chi connectivity index (χ3n) is 3.76. The summed E-state index contributed by atoms with van der Waals surface area (Å²) in [5, 5.41) is 10.2. The third kappa shape index (κ3) is 2.79. The van der Waals surface area contributed by atoms with Gasteiger partial charge in [0.15, 0.2) is 0 Å². The van der Waals surface area contributed by atoms with Gasteiger partial charge >= 0.3 is 0 Å². The number of piperazine rings is 1. The molecule has 0 spiro atoms. The molecule has 1 aliphatic rings. The van der Waals surface area contributed by atoms with Crippen LogP contribution in [0.5, 0.6) is 0 Å². The molecule has 1 aromatic carbocycles. The number of nitrogens with zero attached hydrogens (tertiary/aromatic N) is 2. The Morgan fingerprint density at radius 1 is 1.39 bits per heavy atom. The molecule has 2 atom stereocenters. The van der Waals surface area contributed by atoms with E-state index in [0.29, 0.717) is 11.1 Å². The first-order valence-electron chi connectivity index (χ1n) is 6.41. The summed E-state index contributed by atoms with van der Waals surface area (Å²) in [7, 11) is 2.16. The second-order valence-corrected chi connectivity index (χ2v) is 5.56. The summed E-state index contributed by atoms with van der Waals surface area (Å²) >= 11 is 6.21. The second-order valence-electron chi connectivity index (χ2n) is 5.16. The molecule has 3 nitrogen and oxygen atoms in total. The van der Waals surface area contributed by atoms with Crippen LogP contribution in [0.2, 0.25) is 5.02 Å². The van der Waals surface area contributed by atoms with Gasteiger partial charge in [-0.25, -0.2) is 0 Å². The summed E-state index contributed by atoms with van der Waals surface area (Å²) in [4.78, 5) is 4.71. The Bertz CT molecular complexity index is 422. The average Bonchev–Trinajstić information content (AvgIpc) is 2.32. The van der Waals surface area contributed by atoms with Crippen molar-refractivity contribution in [3.63, 3.8) is 0 Å². The normalized spacial score (nSPS) is 23.2. The van der Waals surface area contributed by atoms with E-state index < -0.39 is 6.10 Å². The van der Waals surface area contributed by atoms with Gasteiger partial charge in [0.1, 0.15) is 0 Å². The topological polar surface area (TPSA) is 26.7 Å². The highest BCUT2D eigenvalue weighted by Crippen LogP contribution is 2.28. The number of hydrogen-bond donors (Lipinski definition) is 1. The number of anilines is 1. The van der Waals surface area contributed by atoms with Crippen LogP contribution in [0.4, 0.5) is 5.69 Å². The van der Waals surface area contributed by atoms with E-state index in [1.54, 1.807) is 6.92 Å². The number of aliphatic hydroxyl groups is 1. The molecule has 1 aromatic rings. The lowest BCUT2D eigenvalue weighted by Gasteiger charge is -2.39. The molecule has 2 rings (SSSR count). The molecule has 0 radical (unpaired) electrons. The Hall–Kier alpha value is -0.770. The van der Waals surface area contributed by atoms with Crippen LogP contribution in [0, 0.1) is 0 Å². The summed E-state index contributed by atoms with van der Waals surface area (Å²) in [5.74, 6) is 0. The molecular weight excluding hydrogens is 248 g/mol. The van der Waals surface area contributed by atoms with E-state index in [2.05, 4.69) is 23.8 Å². The molecule has 0 saturated carbocycles. The zero-order chi connectivity index (χ0) is 13.3. The van der Waals surface area contributed by atoms with Gasteiger partial charge in [-0.3, -0.25) is 0 Å². The van der Waals surface area contributed by atoms with Crippen molar-refractivity contribution in [3.8, 4) is 0 Å². The largest absolute Gasteiger partial charge is 0.389 e. The highest BCUT2D eigenvalue weighted by atomic mass is 35.5. The first-order valence-corrected chi connectivity index (χ1v) is 6.79. The van der Waals surface area contributed by atoms with Crippen LogP contribution in [-0.4, -0.2) is 42.7 Å². The Morgan fingerprint density at radius 3 is 2.67 bits per heavy atom. The molecule has 0 aromatic heterocycles. The lowest BCUT2D eigenvalue weighted by Crippen LogP contribution is -2.50. The Kier molecular flexibility index (Phi) is 4.15. The number of benzene rings is 1. The number of aliphatic hydroxyl groups excluding tert-OH is 1. The van der Waals surface area contributed by atoms with Crippen molar-refractivity contribution >= 4 is 17.3 Å². The smallest absolute Gasteiger partial charge is 0.0776 e. The van der Waals surface area contributed by atoms with E-state index in [4.69, 9.17) is 11.6 Å². The van der Waals surface area contributed by atoms with E-state index in [1.165, 1.54) is 0 Å². The van der Waals surface area contributed by atoms with Crippen molar-refractivity contribution in [3.05, 3.63) is 28.8 Å². The van der Waals surface area contributed by atoms with Crippen LogP contribution in [0.3, 0.4) is 0 Å². The lowest BCUT2D eigenvalue weighted by atomic mass is 10.1. The van der Waals surface area contributed by atoms with E-state index >= 15 is 0 Å². The van der Waals surface area contributed by atoms with Gasteiger partial charge in [0.25, 0.3) is 0 Å². The fraction of sp³-hybridized carbons (Fsp3) is 0.571. The van der Waals surface area contributed by atoms with Gasteiger partial charge in [0.2, 0.25) is 0 Å². The molecule has 1 heterocycles. The number of likely N-dealkylation sites (N-methyl/N-ethyl adjacent to an activating group) is 1. The van der Waals surface area contributed by atoms with Crippen molar-refractivity contribution in [2.24, 2.45) is 0 Å². The molecule has 0 aliphatic carbocycles.